The molecule has 2 rings (SSSR count). The summed E-state index contributed by atoms with van der Waals surface area (Å²) >= 11 is 0. The van der Waals surface area contributed by atoms with Gasteiger partial charge in [-0.25, -0.2) is 0 Å². The zero-order chi connectivity index (χ0) is 10.1. The average Bonchev–Trinajstić information content (AvgIpc) is 2.52. The van der Waals surface area contributed by atoms with Crippen molar-refractivity contribution in [2.75, 3.05) is 14.2 Å². The van der Waals surface area contributed by atoms with Crippen LogP contribution in [0.2, 0.25) is 0 Å². The van der Waals surface area contributed by atoms with Crippen molar-refractivity contribution >= 4 is 5.70 Å². The molecule has 1 aliphatic heterocycles. The van der Waals surface area contributed by atoms with Gasteiger partial charge in [0.05, 0.1) is 7.11 Å². The van der Waals surface area contributed by atoms with E-state index in [9.17, 15) is 0 Å². The molecule has 0 amide bonds. The number of fused-ring (bicyclic) bond motifs is 1. The van der Waals surface area contributed by atoms with Crippen molar-refractivity contribution in [3.05, 3.63) is 35.4 Å². The minimum absolute atomic E-state index is 0.929. The molecule has 1 aromatic rings. The summed E-state index contributed by atoms with van der Waals surface area (Å²) in [6, 6.07) is 6.26. The number of hydrogen-bond donors (Lipinski definition) is 0. The monoisotopic (exact) mass is 189 g/mol. The quantitative estimate of drug-likeness (QED) is 0.673. The number of rotatable bonds is 1. The Hall–Kier alpha value is -1.44. The van der Waals surface area contributed by atoms with E-state index in [0.29, 0.717) is 0 Å². The van der Waals surface area contributed by atoms with E-state index in [1.165, 1.54) is 16.8 Å². The lowest BCUT2D eigenvalue weighted by Crippen LogP contribution is -2.06. The lowest BCUT2D eigenvalue weighted by atomic mass is 10.1. The molecule has 0 unspecified atom stereocenters. The fraction of sp³-hybridized carbons (Fsp3) is 0.333. The highest BCUT2D eigenvalue weighted by atomic mass is 16.5. The Balaban J connectivity index is 2.50. The van der Waals surface area contributed by atoms with Crippen LogP contribution in [0.1, 0.15) is 18.1 Å². The van der Waals surface area contributed by atoms with E-state index in [1.54, 1.807) is 7.11 Å². The zero-order valence-corrected chi connectivity index (χ0v) is 8.87. The van der Waals surface area contributed by atoms with Crippen LogP contribution in [0.5, 0.6) is 5.75 Å². The molecule has 0 N–H and O–H groups in total. The summed E-state index contributed by atoms with van der Waals surface area (Å²) in [6.07, 6.45) is 2.14. The Morgan fingerprint density at radius 1 is 1.43 bits per heavy atom. The topological polar surface area (TPSA) is 12.5 Å². The summed E-state index contributed by atoms with van der Waals surface area (Å²) in [5, 5.41) is 0. The first kappa shape index (κ1) is 9.13. The Morgan fingerprint density at radius 3 is 2.86 bits per heavy atom. The Morgan fingerprint density at radius 2 is 2.21 bits per heavy atom. The molecule has 0 aliphatic carbocycles. The summed E-state index contributed by atoms with van der Waals surface area (Å²) in [6.45, 7) is 3.07. The van der Waals surface area contributed by atoms with Gasteiger partial charge >= 0.3 is 0 Å². The van der Waals surface area contributed by atoms with Crippen LogP contribution in [0.25, 0.3) is 5.70 Å². The molecule has 0 bridgehead atoms. The molecule has 1 heterocycles. The fourth-order valence-corrected chi connectivity index (χ4v) is 1.98. The van der Waals surface area contributed by atoms with Crippen molar-refractivity contribution < 1.29 is 4.74 Å². The van der Waals surface area contributed by atoms with Gasteiger partial charge in [-0.1, -0.05) is 12.1 Å². The zero-order valence-electron chi connectivity index (χ0n) is 8.87. The van der Waals surface area contributed by atoms with Crippen molar-refractivity contribution in [2.24, 2.45) is 0 Å². The Kier molecular flexibility index (Phi) is 2.20. The van der Waals surface area contributed by atoms with Gasteiger partial charge in [-0.05, 0) is 24.6 Å². The molecular formula is C12H15NO. The van der Waals surface area contributed by atoms with E-state index >= 15 is 0 Å². The van der Waals surface area contributed by atoms with Gasteiger partial charge in [0, 0.05) is 24.9 Å². The second kappa shape index (κ2) is 3.37. The summed E-state index contributed by atoms with van der Waals surface area (Å²) < 4.78 is 5.22. The van der Waals surface area contributed by atoms with Crippen molar-refractivity contribution in [1.29, 1.82) is 0 Å². The second-order valence-corrected chi connectivity index (χ2v) is 3.55. The normalized spacial score (nSPS) is 17.4. The van der Waals surface area contributed by atoms with Gasteiger partial charge in [0.2, 0.25) is 0 Å². The fourth-order valence-electron chi connectivity index (χ4n) is 1.98. The SMILES string of the molecule is C/C=C1\c2cc(OC)ccc2CN1C. The second-order valence-electron chi connectivity index (χ2n) is 3.55. The first-order valence-corrected chi connectivity index (χ1v) is 4.81. The highest BCUT2D eigenvalue weighted by Crippen LogP contribution is 2.33. The molecule has 0 aromatic heterocycles. The molecule has 1 aliphatic rings. The maximum absolute atomic E-state index is 5.22. The molecule has 0 saturated heterocycles. The minimum atomic E-state index is 0.929. The molecule has 1 aromatic carbocycles. The number of ether oxygens (including phenoxy) is 1. The van der Waals surface area contributed by atoms with Crippen molar-refractivity contribution in [1.82, 2.24) is 4.90 Å². The third kappa shape index (κ3) is 1.27. The number of allylic oxidation sites excluding steroid dienone is 1. The molecule has 74 valence electrons. The van der Waals surface area contributed by atoms with Crippen molar-refractivity contribution in [2.45, 2.75) is 13.5 Å². The lowest BCUT2D eigenvalue weighted by molar-refractivity contribution is 0.414. The highest BCUT2D eigenvalue weighted by Gasteiger charge is 2.20. The predicted octanol–water partition coefficient (Wildman–Crippen LogP) is 2.50. The third-order valence-corrected chi connectivity index (χ3v) is 2.69. The van der Waals surface area contributed by atoms with Gasteiger partial charge in [-0.3, -0.25) is 0 Å². The summed E-state index contributed by atoms with van der Waals surface area (Å²) in [5.41, 5.74) is 3.97. The first-order chi connectivity index (χ1) is 6.76. The molecule has 2 nitrogen and oxygen atoms in total. The van der Waals surface area contributed by atoms with Crippen LogP contribution in [0.3, 0.4) is 0 Å². The smallest absolute Gasteiger partial charge is 0.119 e. The number of methoxy groups -OCH3 is 1. The van der Waals surface area contributed by atoms with Crippen LogP contribution >= 0.6 is 0 Å². The highest BCUT2D eigenvalue weighted by molar-refractivity contribution is 5.71. The van der Waals surface area contributed by atoms with Gasteiger partial charge in [0.15, 0.2) is 0 Å². The van der Waals surface area contributed by atoms with Crippen LogP contribution in [0.15, 0.2) is 24.3 Å². The van der Waals surface area contributed by atoms with Crippen LogP contribution in [0, 0.1) is 0 Å². The lowest BCUT2D eigenvalue weighted by Gasteiger charge is -2.11. The maximum Gasteiger partial charge on any atom is 0.119 e. The Labute approximate surface area is 84.8 Å². The van der Waals surface area contributed by atoms with E-state index < -0.39 is 0 Å². The van der Waals surface area contributed by atoms with Gasteiger partial charge in [0.25, 0.3) is 0 Å². The molecule has 0 fully saturated rings. The molecule has 0 saturated carbocycles. The maximum atomic E-state index is 5.22. The largest absolute Gasteiger partial charge is 0.497 e. The molecular weight excluding hydrogens is 174 g/mol. The van der Waals surface area contributed by atoms with E-state index in [0.717, 1.165) is 12.3 Å². The van der Waals surface area contributed by atoms with E-state index in [1.807, 2.05) is 6.07 Å². The average molecular weight is 189 g/mol. The van der Waals surface area contributed by atoms with Crippen LogP contribution in [-0.4, -0.2) is 19.1 Å². The van der Waals surface area contributed by atoms with E-state index in [2.05, 4.69) is 37.1 Å². The van der Waals surface area contributed by atoms with Crippen LogP contribution in [0.4, 0.5) is 0 Å². The van der Waals surface area contributed by atoms with Gasteiger partial charge in [-0.15, -0.1) is 0 Å². The molecule has 2 heteroatoms. The van der Waals surface area contributed by atoms with Crippen LogP contribution in [-0.2, 0) is 6.54 Å². The van der Waals surface area contributed by atoms with Crippen molar-refractivity contribution in [3.8, 4) is 5.75 Å². The van der Waals surface area contributed by atoms with Crippen LogP contribution < -0.4 is 4.74 Å². The van der Waals surface area contributed by atoms with E-state index in [4.69, 9.17) is 4.74 Å². The first-order valence-electron chi connectivity index (χ1n) is 4.81. The molecule has 14 heavy (non-hydrogen) atoms. The van der Waals surface area contributed by atoms with Gasteiger partial charge < -0.3 is 9.64 Å². The molecule has 0 radical (unpaired) electrons. The number of hydrogen-bond acceptors (Lipinski definition) is 2. The van der Waals surface area contributed by atoms with Crippen molar-refractivity contribution in [3.63, 3.8) is 0 Å². The Bertz CT molecular complexity index is 382. The standard InChI is InChI=1S/C12H15NO/c1-4-12-11-7-10(14-3)6-5-9(11)8-13(12)2/h4-7H,8H2,1-3H3/b12-4+. The summed E-state index contributed by atoms with van der Waals surface area (Å²) in [4.78, 5) is 2.25. The van der Waals surface area contributed by atoms with Gasteiger partial charge in [-0.2, -0.15) is 0 Å². The van der Waals surface area contributed by atoms with E-state index in [-0.39, 0.29) is 0 Å². The third-order valence-electron chi connectivity index (χ3n) is 2.69. The predicted molar refractivity (Wildman–Crippen MR) is 58.1 cm³/mol. The number of nitrogens with zero attached hydrogens (tertiary/aromatic N) is 1. The molecule has 0 atom stereocenters. The number of benzene rings is 1. The summed E-state index contributed by atoms with van der Waals surface area (Å²) in [5.74, 6) is 0.929. The minimum Gasteiger partial charge on any atom is -0.497 e. The summed E-state index contributed by atoms with van der Waals surface area (Å²) in [7, 11) is 3.82. The molecule has 0 spiro atoms. The van der Waals surface area contributed by atoms with Gasteiger partial charge in [0.1, 0.15) is 5.75 Å².